The van der Waals surface area contributed by atoms with E-state index < -0.39 is 0 Å². The molecule has 5 rings (SSSR count). The number of aryl methyl sites for hydroxylation is 2. The van der Waals surface area contributed by atoms with Gasteiger partial charge in [-0.25, -0.2) is 4.68 Å². The maximum absolute atomic E-state index is 12.7. The first-order valence-corrected chi connectivity index (χ1v) is 12.0. The van der Waals surface area contributed by atoms with Crippen LogP contribution >= 0.6 is 0 Å². The maximum Gasteiger partial charge on any atom is 0.231 e. The van der Waals surface area contributed by atoms with Crippen molar-refractivity contribution in [1.29, 1.82) is 0 Å². The lowest BCUT2D eigenvalue weighted by molar-refractivity contribution is -0.121. The van der Waals surface area contributed by atoms with Crippen molar-refractivity contribution in [3.8, 4) is 28.4 Å². The second kappa shape index (κ2) is 10.5. The summed E-state index contributed by atoms with van der Waals surface area (Å²) in [6.45, 7) is 2.29. The fourth-order valence-corrected chi connectivity index (χ4v) is 4.29. The number of para-hydroxylation sites is 1. The lowest BCUT2D eigenvalue weighted by Crippen LogP contribution is -2.33. The summed E-state index contributed by atoms with van der Waals surface area (Å²) in [5.74, 6) is 1.50. The van der Waals surface area contributed by atoms with Crippen LogP contribution in [0.4, 0.5) is 0 Å². The molecule has 178 valence electrons. The van der Waals surface area contributed by atoms with Crippen molar-refractivity contribution in [2.75, 3.05) is 6.79 Å². The first kappa shape index (κ1) is 22.7. The molecule has 35 heavy (non-hydrogen) atoms. The monoisotopic (exact) mass is 467 g/mol. The Kier molecular flexibility index (Phi) is 6.80. The van der Waals surface area contributed by atoms with Gasteiger partial charge in [-0.1, -0.05) is 48.5 Å². The van der Waals surface area contributed by atoms with Crippen LogP contribution in [0.1, 0.15) is 30.9 Å². The van der Waals surface area contributed by atoms with Gasteiger partial charge in [-0.15, -0.1) is 0 Å². The Hall–Kier alpha value is -4.06. The third-order valence-corrected chi connectivity index (χ3v) is 6.19. The number of ether oxygens (including phenoxy) is 2. The van der Waals surface area contributed by atoms with E-state index in [0.717, 1.165) is 41.1 Å². The first-order chi connectivity index (χ1) is 17.2. The minimum atomic E-state index is 0.0506. The molecule has 4 aromatic rings. The van der Waals surface area contributed by atoms with Gasteiger partial charge in [-0.05, 0) is 67.6 Å². The van der Waals surface area contributed by atoms with Crippen LogP contribution in [0, 0.1) is 0 Å². The van der Waals surface area contributed by atoms with E-state index in [2.05, 4.69) is 24.4 Å². The molecule has 6 nitrogen and oxygen atoms in total. The molecule has 1 unspecified atom stereocenters. The Labute approximate surface area is 205 Å². The molecular weight excluding hydrogens is 438 g/mol. The molecule has 2 heterocycles. The predicted octanol–water partition coefficient (Wildman–Crippen LogP) is 5.34. The van der Waals surface area contributed by atoms with Gasteiger partial charge in [0.15, 0.2) is 11.5 Å². The summed E-state index contributed by atoms with van der Waals surface area (Å²) >= 11 is 0. The van der Waals surface area contributed by atoms with Crippen LogP contribution in [0.3, 0.4) is 0 Å². The molecule has 0 saturated carbocycles. The summed E-state index contributed by atoms with van der Waals surface area (Å²) in [6, 6.07) is 26.3. The molecule has 3 aromatic carbocycles. The quantitative estimate of drug-likeness (QED) is 0.361. The smallest absolute Gasteiger partial charge is 0.231 e. The molecule has 1 atom stereocenters. The Morgan fingerprint density at radius 2 is 1.71 bits per heavy atom. The van der Waals surface area contributed by atoms with Crippen LogP contribution < -0.4 is 14.8 Å². The Morgan fingerprint density at radius 3 is 2.51 bits per heavy atom. The van der Waals surface area contributed by atoms with E-state index in [1.54, 1.807) is 0 Å². The van der Waals surface area contributed by atoms with E-state index in [9.17, 15) is 4.79 Å². The Morgan fingerprint density at radius 1 is 0.971 bits per heavy atom. The van der Waals surface area contributed by atoms with Crippen LogP contribution in [-0.4, -0.2) is 28.5 Å². The maximum atomic E-state index is 12.7. The highest BCUT2D eigenvalue weighted by Gasteiger charge is 2.19. The van der Waals surface area contributed by atoms with Crippen LogP contribution in [0.25, 0.3) is 16.9 Å². The molecule has 1 aliphatic heterocycles. The van der Waals surface area contributed by atoms with Crippen molar-refractivity contribution >= 4 is 5.91 Å². The number of hydrogen-bond acceptors (Lipinski definition) is 4. The average Bonchev–Trinajstić information content (AvgIpc) is 3.54. The number of benzene rings is 3. The number of amides is 1. The van der Waals surface area contributed by atoms with Crippen LogP contribution in [0.5, 0.6) is 11.5 Å². The van der Waals surface area contributed by atoms with Crippen molar-refractivity contribution in [3.63, 3.8) is 0 Å². The molecule has 1 amide bonds. The van der Waals surface area contributed by atoms with E-state index in [1.165, 1.54) is 5.56 Å². The van der Waals surface area contributed by atoms with Gasteiger partial charge in [0.05, 0.1) is 11.4 Å². The van der Waals surface area contributed by atoms with Gasteiger partial charge in [0.2, 0.25) is 12.7 Å². The molecular formula is C29H29N3O3. The minimum absolute atomic E-state index is 0.0506. The van der Waals surface area contributed by atoms with Gasteiger partial charge >= 0.3 is 0 Å². The van der Waals surface area contributed by atoms with Crippen LogP contribution in [0.2, 0.25) is 0 Å². The third kappa shape index (κ3) is 5.54. The van der Waals surface area contributed by atoms with E-state index in [-0.39, 0.29) is 18.7 Å². The molecule has 0 bridgehead atoms. The third-order valence-electron chi connectivity index (χ3n) is 6.19. The average molecular weight is 468 g/mol. The van der Waals surface area contributed by atoms with E-state index in [0.29, 0.717) is 18.6 Å². The van der Waals surface area contributed by atoms with E-state index in [1.807, 2.05) is 77.6 Å². The summed E-state index contributed by atoms with van der Waals surface area (Å²) < 4.78 is 12.9. The van der Waals surface area contributed by atoms with Gasteiger partial charge in [0, 0.05) is 24.2 Å². The Bertz CT molecular complexity index is 1290. The zero-order valence-corrected chi connectivity index (χ0v) is 19.8. The van der Waals surface area contributed by atoms with E-state index in [4.69, 9.17) is 14.6 Å². The van der Waals surface area contributed by atoms with E-state index >= 15 is 0 Å². The molecule has 0 aliphatic carbocycles. The zero-order chi connectivity index (χ0) is 24.0. The normalized spacial score (nSPS) is 12.9. The van der Waals surface area contributed by atoms with Gasteiger partial charge in [-0.3, -0.25) is 4.79 Å². The number of carbonyl (C=O) groups is 1. The summed E-state index contributed by atoms with van der Waals surface area (Å²) in [5, 5.41) is 8.02. The minimum Gasteiger partial charge on any atom is -0.454 e. The van der Waals surface area contributed by atoms with Crippen LogP contribution in [0.15, 0.2) is 85.1 Å². The molecule has 0 saturated heterocycles. The van der Waals surface area contributed by atoms with Gasteiger partial charge in [0.25, 0.3) is 0 Å². The lowest BCUT2D eigenvalue weighted by atomic mass is 10.0. The molecule has 1 aromatic heterocycles. The van der Waals surface area contributed by atoms with Gasteiger partial charge in [0.1, 0.15) is 0 Å². The number of nitrogens with zero attached hydrogens (tertiary/aromatic N) is 2. The number of fused-ring (bicyclic) bond motifs is 1. The molecule has 0 spiro atoms. The standard InChI is InChI=1S/C29H29N3O3/c1-21(12-13-22-8-4-2-5-9-22)30-28(33)17-15-24-19-32(25-10-6-3-7-11-25)31-29(24)23-14-16-26-27(18-23)35-20-34-26/h2-11,14,16,18-19,21H,12-13,15,17,20H2,1H3,(H,30,33). The first-order valence-electron chi connectivity index (χ1n) is 12.0. The van der Waals surface area contributed by atoms with Crippen molar-refractivity contribution < 1.29 is 14.3 Å². The zero-order valence-electron chi connectivity index (χ0n) is 19.8. The summed E-state index contributed by atoms with van der Waals surface area (Å²) in [5.41, 5.74) is 5.06. The highest BCUT2D eigenvalue weighted by atomic mass is 16.7. The number of nitrogens with one attached hydrogen (secondary N) is 1. The second-order valence-corrected chi connectivity index (χ2v) is 8.84. The van der Waals surface area contributed by atoms with Crippen LogP contribution in [-0.2, 0) is 17.6 Å². The molecule has 0 fully saturated rings. The molecule has 1 aliphatic rings. The van der Waals surface area contributed by atoms with Crippen molar-refractivity contribution in [2.24, 2.45) is 0 Å². The number of hydrogen-bond donors (Lipinski definition) is 1. The number of aromatic nitrogens is 2. The van der Waals surface area contributed by atoms with Crippen molar-refractivity contribution in [1.82, 2.24) is 15.1 Å². The number of rotatable bonds is 9. The molecule has 6 heteroatoms. The Balaban J connectivity index is 1.28. The van der Waals surface area contributed by atoms with Crippen molar-refractivity contribution in [3.05, 3.63) is 96.2 Å². The largest absolute Gasteiger partial charge is 0.454 e. The van der Waals surface area contributed by atoms with Crippen molar-refractivity contribution in [2.45, 2.75) is 38.6 Å². The summed E-state index contributed by atoms with van der Waals surface area (Å²) in [7, 11) is 0. The highest BCUT2D eigenvalue weighted by molar-refractivity contribution is 5.77. The second-order valence-electron chi connectivity index (χ2n) is 8.84. The van der Waals surface area contributed by atoms with Gasteiger partial charge < -0.3 is 14.8 Å². The SMILES string of the molecule is CC(CCc1ccccc1)NC(=O)CCc1cn(-c2ccccc2)nc1-c1ccc2c(c1)OCO2. The van der Waals surface area contributed by atoms with Gasteiger partial charge in [-0.2, -0.15) is 5.10 Å². The predicted molar refractivity (Wildman–Crippen MR) is 136 cm³/mol. The highest BCUT2D eigenvalue weighted by Crippen LogP contribution is 2.36. The molecule has 0 radical (unpaired) electrons. The number of carbonyl (C=O) groups excluding carboxylic acids is 1. The molecule has 1 N–H and O–H groups in total. The lowest BCUT2D eigenvalue weighted by Gasteiger charge is -2.14. The fraction of sp³-hybridized carbons (Fsp3) is 0.241. The summed E-state index contributed by atoms with van der Waals surface area (Å²) in [4.78, 5) is 12.7. The topological polar surface area (TPSA) is 65.4 Å². The summed E-state index contributed by atoms with van der Waals surface area (Å²) in [6.07, 6.45) is 4.85. The fourth-order valence-electron chi connectivity index (χ4n) is 4.29.